The molecule has 1 aromatic carbocycles. The second kappa shape index (κ2) is 7.78. The average molecular weight is 407 g/mol. The van der Waals surface area contributed by atoms with E-state index in [9.17, 15) is 9.59 Å². The fraction of sp³-hybridized carbons (Fsp3) is 0.429. The highest BCUT2D eigenvalue weighted by molar-refractivity contribution is 9.11. The summed E-state index contributed by atoms with van der Waals surface area (Å²) >= 11 is 6.73. The summed E-state index contributed by atoms with van der Waals surface area (Å²) in [6.07, 6.45) is 0.515. The first-order valence-corrected chi connectivity index (χ1v) is 7.89. The first-order valence-electron chi connectivity index (χ1n) is 6.30. The van der Waals surface area contributed by atoms with Gasteiger partial charge in [-0.15, -0.1) is 0 Å². The van der Waals surface area contributed by atoms with Crippen LogP contribution >= 0.6 is 31.9 Å². The van der Waals surface area contributed by atoms with Crippen LogP contribution in [0.25, 0.3) is 0 Å². The largest absolute Gasteiger partial charge is 0.481 e. The maximum Gasteiger partial charge on any atom is 0.303 e. The molecule has 4 nitrogen and oxygen atoms in total. The standard InChI is InChI=1S/C14H17Br2NO3/c1-9(2)17(7-3-4-13(18)19)14(20)11-8-10(15)5-6-12(11)16/h5-6,8-9H,3-4,7H2,1-2H3,(H,18,19). The number of rotatable bonds is 6. The molecular weight excluding hydrogens is 390 g/mol. The third kappa shape index (κ3) is 4.90. The van der Waals surface area contributed by atoms with Crippen molar-refractivity contribution in [2.45, 2.75) is 32.7 Å². The van der Waals surface area contributed by atoms with Crippen molar-refractivity contribution in [3.05, 3.63) is 32.7 Å². The highest BCUT2D eigenvalue weighted by atomic mass is 79.9. The maximum absolute atomic E-state index is 12.6. The Kier molecular flexibility index (Phi) is 6.68. The van der Waals surface area contributed by atoms with Gasteiger partial charge in [-0.1, -0.05) is 15.9 Å². The number of amides is 1. The van der Waals surface area contributed by atoms with Crippen LogP contribution in [-0.4, -0.2) is 34.5 Å². The van der Waals surface area contributed by atoms with Gasteiger partial charge in [-0.25, -0.2) is 0 Å². The topological polar surface area (TPSA) is 57.6 Å². The molecule has 0 aromatic heterocycles. The molecule has 0 fully saturated rings. The molecule has 0 atom stereocenters. The summed E-state index contributed by atoms with van der Waals surface area (Å²) in [5.41, 5.74) is 0.573. The molecule has 0 saturated heterocycles. The molecule has 0 unspecified atom stereocenters. The quantitative estimate of drug-likeness (QED) is 0.778. The second-order valence-corrected chi connectivity index (χ2v) is 6.48. The zero-order valence-corrected chi connectivity index (χ0v) is 14.6. The Labute approximate surface area is 135 Å². The number of carbonyl (C=O) groups excluding carboxylic acids is 1. The second-order valence-electron chi connectivity index (χ2n) is 4.71. The van der Waals surface area contributed by atoms with Crippen LogP contribution in [-0.2, 0) is 4.79 Å². The Balaban J connectivity index is 2.88. The van der Waals surface area contributed by atoms with Gasteiger partial charge in [-0.05, 0) is 54.4 Å². The average Bonchev–Trinajstić information content (AvgIpc) is 2.36. The highest BCUT2D eigenvalue weighted by Crippen LogP contribution is 2.23. The number of benzene rings is 1. The third-order valence-corrected chi connectivity index (χ3v) is 4.02. The zero-order chi connectivity index (χ0) is 15.3. The molecule has 1 N–H and O–H groups in total. The van der Waals surface area contributed by atoms with Crippen LogP contribution in [0.4, 0.5) is 0 Å². The van der Waals surface area contributed by atoms with Crippen molar-refractivity contribution >= 4 is 43.7 Å². The smallest absolute Gasteiger partial charge is 0.303 e. The van der Waals surface area contributed by atoms with E-state index < -0.39 is 5.97 Å². The Morgan fingerprint density at radius 2 is 1.95 bits per heavy atom. The van der Waals surface area contributed by atoms with E-state index in [4.69, 9.17) is 5.11 Å². The molecule has 110 valence electrons. The van der Waals surface area contributed by atoms with Crippen LogP contribution < -0.4 is 0 Å². The summed E-state index contributed by atoms with van der Waals surface area (Å²) in [5.74, 6) is -0.941. The van der Waals surface area contributed by atoms with Gasteiger partial charge in [0.05, 0.1) is 5.56 Å². The van der Waals surface area contributed by atoms with E-state index in [0.717, 1.165) is 8.95 Å². The lowest BCUT2D eigenvalue weighted by Crippen LogP contribution is -2.38. The van der Waals surface area contributed by atoms with Crippen LogP contribution in [0.3, 0.4) is 0 Å². The van der Waals surface area contributed by atoms with Gasteiger partial charge in [-0.3, -0.25) is 9.59 Å². The molecule has 0 spiro atoms. The molecule has 0 aliphatic heterocycles. The summed E-state index contributed by atoms with van der Waals surface area (Å²) in [4.78, 5) is 24.8. The van der Waals surface area contributed by atoms with E-state index in [1.54, 1.807) is 11.0 Å². The van der Waals surface area contributed by atoms with Crippen molar-refractivity contribution in [3.8, 4) is 0 Å². The van der Waals surface area contributed by atoms with Crippen molar-refractivity contribution in [3.63, 3.8) is 0 Å². The molecule has 1 aromatic rings. The number of carboxylic acids is 1. The fourth-order valence-electron chi connectivity index (χ4n) is 1.81. The van der Waals surface area contributed by atoms with Gasteiger partial charge in [0, 0.05) is 28.0 Å². The zero-order valence-electron chi connectivity index (χ0n) is 11.4. The third-order valence-electron chi connectivity index (χ3n) is 2.83. The molecule has 0 heterocycles. The minimum absolute atomic E-state index is 0.0159. The van der Waals surface area contributed by atoms with Gasteiger partial charge < -0.3 is 10.0 Å². The van der Waals surface area contributed by atoms with Crippen molar-refractivity contribution in [1.82, 2.24) is 4.90 Å². The summed E-state index contributed by atoms with van der Waals surface area (Å²) in [7, 11) is 0. The molecule has 1 rings (SSSR count). The predicted molar refractivity (Wildman–Crippen MR) is 84.9 cm³/mol. The van der Waals surface area contributed by atoms with Crippen LogP contribution in [0, 0.1) is 0 Å². The van der Waals surface area contributed by atoms with Crippen LogP contribution in [0.1, 0.15) is 37.0 Å². The van der Waals surface area contributed by atoms with E-state index in [-0.39, 0.29) is 18.4 Å². The number of hydrogen-bond acceptors (Lipinski definition) is 2. The van der Waals surface area contributed by atoms with Crippen molar-refractivity contribution in [2.75, 3.05) is 6.54 Å². The Hall–Kier alpha value is -0.880. The summed E-state index contributed by atoms with van der Waals surface area (Å²) in [5, 5.41) is 8.68. The van der Waals surface area contributed by atoms with E-state index in [0.29, 0.717) is 18.5 Å². The van der Waals surface area contributed by atoms with Crippen molar-refractivity contribution in [1.29, 1.82) is 0 Å². The van der Waals surface area contributed by atoms with Gasteiger partial charge in [0.25, 0.3) is 5.91 Å². The van der Waals surface area contributed by atoms with Gasteiger partial charge in [0.1, 0.15) is 0 Å². The maximum atomic E-state index is 12.6. The van der Waals surface area contributed by atoms with Gasteiger partial charge in [-0.2, -0.15) is 0 Å². The molecule has 0 bridgehead atoms. The predicted octanol–water partition coefficient (Wildman–Crippen LogP) is 3.93. The van der Waals surface area contributed by atoms with Crippen LogP contribution in [0.2, 0.25) is 0 Å². The van der Waals surface area contributed by atoms with E-state index in [1.165, 1.54) is 0 Å². The number of aliphatic carboxylic acids is 1. The van der Waals surface area contributed by atoms with Crippen LogP contribution in [0.5, 0.6) is 0 Å². The SMILES string of the molecule is CC(C)N(CCCC(=O)O)C(=O)c1cc(Br)ccc1Br. The highest BCUT2D eigenvalue weighted by Gasteiger charge is 2.21. The Morgan fingerprint density at radius 1 is 1.30 bits per heavy atom. The molecule has 0 saturated carbocycles. The first-order chi connectivity index (χ1) is 9.32. The summed E-state index contributed by atoms with van der Waals surface area (Å²) < 4.78 is 1.56. The van der Waals surface area contributed by atoms with Crippen molar-refractivity contribution < 1.29 is 14.7 Å². The summed E-state index contributed by atoms with van der Waals surface area (Å²) in [6, 6.07) is 5.44. The molecule has 0 radical (unpaired) electrons. The number of carboxylic acid groups (broad SMARTS) is 1. The lowest BCUT2D eigenvalue weighted by Gasteiger charge is -2.27. The minimum atomic E-state index is -0.843. The number of carbonyl (C=O) groups is 2. The number of hydrogen-bond donors (Lipinski definition) is 1. The molecule has 6 heteroatoms. The fourth-order valence-corrected chi connectivity index (χ4v) is 2.59. The van der Waals surface area contributed by atoms with Crippen LogP contribution in [0.15, 0.2) is 27.1 Å². The first kappa shape index (κ1) is 17.2. The molecule has 20 heavy (non-hydrogen) atoms. The van der Waals surface area contributed by atoms with Gasteiger partial charge >= 0.3 is 5.97 Å². The lowest BCUT2D eigenvalue weighted by atomic mass is 10.1. The molecule has 0 aliphatic carbocycles. The molecular formula is C14H17Br2NO3. The van der Waals surface area contributed by atoms with E-state index in [2.05, 4.69) is 31.9 Å². The minimum Gasteiger partial charge on any atom is -0.481 e. The molecule has 0 aliphatic rings. The monoisotopic (exact) mass is 405 g/mol. The summed E-state index contributed by atoms with van der Waals surface area (Å²) in [6.45, 7) is 4.27. The Morgan fingerprint density at radius 3 is 2.50 bits per heavy atom. The normalized spacial score (nSPS) is 10.7. The Bertz CT molecular complexity index is 503. The van der Waals surface area contributed by atoms with Crippen molar-refractivity contribution in [2.24, 2.45) is 0 Å². The lowest BCUT2D eigenvalue weighted by molar-refractivity contribution is -0.137. The van der Waals surface area contributed by atoms with Gasteiger partial charge in [0.15, 0.2) is 0 Å². The van der Waals surface area contributed by atoms with Gasteiger partial charge in [0.2, 0.25) is 0 Å². The van der Waals surface area contributed by atoms with E-state index >= 15 is 0 Å². The number of halogens is 2. The number of nitrogens with zero attached hydrogens (tertiary/aromatic N) is 1. The van der Waals surface area contributed by atoms with E-state index in [1.807, 2.05) is 26.0 Å². The molecule has 1 amide bonds.